The van der Waals surface area contributed by atoms with Crippen molar-refractivity contribution in [1.82, 2.24) is 24.4 Å². The lowest BCUT2D eigenvalue weighted by atomic mass is 10.00. The quantitative estimate of drug-likeness (QED) is 0.449. The Morgan fingerprint density at radius 2 is 1.88 bits per heavy atom. The van der Waals surface area contributed by atoms with Gasteiger partial charge in [-0.2, -0.15) is 4.52 Å². The van der Waals surface area contributed by atoms with Gasteiger partial charge in [-0.1, -0.05) is 13.8 Å². The lowest BCUT2D eigenvalue weighted by Gasteiger charge is -2.43. The lowest BCUT2D eigenvalue weighted by Crippen LogP contribution is -2.59. The van der Waals surface area contributed by atoms with E-state index in [0.717, 1.165) is 18.6 Å². The predicted molar refractivity (Wildman–Crippen MR) is 151 cm³/mol. The molecule has 2 fully saturated rings. The Kier molecular flexibility index (Phi) is 7.76. The highest BCUT2D eigenvalue weighted by Gasteiger charge is 2.37. The van der Waals surface area contributed by atoms with Crippen LogP contribution in [0.3, 0.4) is 0 Å². The zero-order chi connectivity index (χ0) is 29.5. The number of piperazine rings is 1. The van der Waals surface area contributed by atoms with Crippen LogP contribution in [-0.2, 0) is 4.74 Å². The number of rotatable bonds is 4. The van der Waals surface area contributed by atoms with Gasteiger partial charge in [-0.05, 0) is 69.9 Å². The number of anilines is 2. The molecule has 2 aromatic heterocycles. The first-order valence-corrected chi connectivity index (χ1v) is 14.0. The van der Waals surface area contributed by atoms with E-state index in [-0.39, 0.29) is 30.1 Å². The van der Waals surface area contributed by atoms with Gasteiger partial charge in [0.05, 0.1) is 18.3 Å². The van der Waals surface area contributed by atoms with Crippen molar-refractivity contribution in [3.05, 3.63) is 53.7 Å². The van der Waals surface area contributed by atoms with Gasteiger partial charge >= 0.3 is 12.1 Å². The predicted octanol–water partition coefficient (Wildman–Crippen LogP) is 5.46. The second-order valence-corrected chi connectivity index (χ2v) is 12.0. The molecule has 2 aliphatic heterocycles. The number of urea groups is 1. The Balaban J connectivity index is 1.33. The fourth-order valence-corrected chi connectivity index (χ4v) is 5.54. The van der Waals surface area contributed by atoms with Crippen molar-refractivity contribution in [3.8, 4) is 0 Å². The molecule has 10 nitrogen and oxygen atoms in total. The number of amides is 3. The van der Waals surface area contributed by atoms with Crippen molar-refractivity contribution >= 4 is 29.4 Å². The van der Waals surface area contributed by atoms with E-state index < -0.39 is 17.2 Å². The Hall–Kier alpha value is -3.96. The van der Waals surface area contributed by atoms with Gasteiger partial charge in [0.2, 0.25) is 0 Å². The number of hydrogen-bond acceptors (Lipinski definition) is 6. The van der Waals surface area contributed by atoms with Crippen molar-refractivity contribution in [3.63, 3.8) is 0 Å². The molecule has 3 aromatic rings. The van der Waals surface area contributed by atoms with E-state index in [2.05, 4.69) is 10.3 Å². The first-order valence-electron chi connectivity index (χ1n) is 14.0. The number of aromatic nitrogens is 3. The van der Waals surface area contributed by atoms with Crippen LogP contribution in [-0.4, -0.2) is 74.3 Å². The van der Waals surface area contributed by atoms with E-state index >= 15 is 0 Å². The largest absolute Gasteiger partial charge is 0.444 e. The third-order valence-corrected chi connectivity index (χ3v) is 7.55. The first kappa shape index (κ1) is 28.6. The first-order chi connectivity index (χ1) is 19.4. The number of fused-ring (bicyclic) bond motifs is 1. The summed E-state index contributed by atoms with van der Waals surface area (Å²) in [6.45, 7) is 11.2. The summed E-state index contributed by atoms with van der Waals surface area (Å²) in [5.74, 6) is 0.127. The molecule has 4 heterocycles. The standard InChI is InChI=1S/C29H37F2N7O3/c1-18(2)23-17-35(13-14-37(23)28(40)41-29(3,4)5)27(39)33-26-16-32-24-10-11-25(34-38(24)26)36-12-6-7-22(36)20-15-19(30)8-9-21(20)31/h8-11,15-16,18,22-23H,6-7,12-14,17H2,1-5H3,(H,33,39). The zero-order valence-corrected chi connectivity index (χ0v) is 24.1. The second kappa shape index (κ2) is 11.1. The van der Waals surface area contributed by atoms with Crippen LogP contribution in [0.25, 0.3) is 5.65 Å². The summed E-state index contributed by atoms with van der Waals surface area (Å²) in [5, 5.41) is 7.63. The van der Waals surface area contributed by atoms with Gasteiger partial charge in [0, 0.05) is 31.7 Å². The summed E-state index contributed by atoms with van der Waals surface area (Å²) in [7, 11) is 0. The van der Waals surface area contributed by atoms with Crippen LogP contribution in [0.2, 0.25) is 0 Å². The van der Waals surface area contributed by atoms with Gasteiger partial charge in [0.15, 0.2) is 11.5 Å². The molecule has 5 rings (SSSR count). The van der Waals surface area contributed by atoms with Crippen LogP contribution in [0.1, 0.15) is 59.1 Å². The van der Waals surface area contributed by atoms with E-state index in [1.165, 1.54) is 12.3 Å². The summed E-state index contributed by atoms with van der Waals surface area (Å²) in [4.78, 5) is 35.9. The minimum Gasteiger partial charge on any atom is -0.444 e. The van der Waals surface area contributed by atoms with Crippen LogP contribution in [0.15, 0.2) is 36.5 Å². The Bertz CT molecular complexity index is 1440. The average Bonchev–Trinajstić information content (AvgIpc) is 3.56. The molecule has 41 heavy (non-hydrogen) atoms. The summed E-state index contributed by atoms with van der Waals surface area (Å²) in [6.07, 6.45) is 2.63. The van der Waals surface area contributed by atoms with Gasteiger partial charge in [0.25, 0.3) is 0 Å². The number of imidazole rings is 1. The van der Waals surface area contributed by atoms with Gasteiger partial charge in [-0.3, -0.25) is 5.32 Å². The minimum atomic E-state index is -0.609. The number of carbonyl (C=O) groups excluding carboxylic acids is 2. The number of nitrogens with zero attached hydrogens (tertiary/aromatic N) is 6. The number of halogens is 2. The van der Waals surface area contributed by atoms with Crippen LogP contribution in [0.5, 0.6) is 0 Å². The smallest absolute Gasteiger partial charge is 0.410 e. The molecule has 3 amide bonds. The van der Waals surface area contributed by atoms with Crippen LogP contribution >= 0.6 is 0 Å². The molecule has 0 radical (unpaired) electrons. The van der Waals surface area contributed by atoms with Gasteiger partial charge in [-0.15, -0.1) is 5.10 Å². The van der Waals surface area contributed by atoms with E-state index in [9.17, 15) is 18.4 Å². The Labute approximate surface area is 238 Å². The van der Waals surface area contributed by atoms with E-state index in [0.29, 0.717) is 55.4 Å². The highest BCUT2D eigenvalue weighted by molar-refractivity contribution is 5.89. The van der Waals surface area contributed by atoms with E-state index in [1.54, 1.807) is 26.4 Å². The number of nitrogens with one attached hydrogen (secondary N) is 1. The number of carbonyl (C=O) groups is 2. The maximum absolute atomic E-state index is 14.6. The van der Waals surface area contributed by atoms with Crippen LogP contribution in [0, 0.1) is 17.6 Å². The summed E-state index contributed by atoms with van der Waals surface area (Å²) in [6, 6.07) is 6.21. The topological polar surface area (TPSA) is 95.3 Å². The van der Waals surface area contributed by atoms with Crippen molar-refractivity contribution in [1.29, 1.82) is 0 Å². The summed E-state index contributed by atoms with van der Waals surface area (Å²) < 4.78 is 35.7. The van der Waals surface area contributed by atoms with Crippen LogP contribution in [0.4, 0.5) is 30.0 Å². The van der Waals surface area contributed by atoms with Crippen molar-refractivity contribution in [2.45, 2.75) is 65.1 Å². The molecule has 0 spiro atoms. The molecule has 0 aliphatic carbocycles. The van der Waals surface area contributed by atoms with E-state index in [1.807, 2.05) is 39.5 Å². The van der Waals surface area contributed by atoms with Gasteiger partial charge in [0.1, 0.15) is 23.1 Å². The van der Waals surface area contributed by atoms with Crippen molar-refractivity contribution in [2.24, 2.45) is 5.92 Å². The molecule has 1 N–H and O–H groups in total. The number of hydrogen-bond donors (Lipinski definition) is 1. The third-order valence-electron chi connectivity index (χ3n) is 7.55. The lowest BCUT2D eigenvalue weighted by molar-refractivity contribution is -0.00386. The summed E-state index contributed by atoms with van der Waals surface area (Å²) >= 11 is 0. The fraction of sp³-hybridized carbons (Fsp3) is 0.517. The third kappa shape index (κ3) is 6.06. The maximum atomic E-state index is 14.6. The normalized spacial score (nSPS) is 19.8. The molecule has 0 saturated carbocycles. The molecule has 2 aliphatic rings. The molecular formula is C29H37F2N7O3. The molecule has 1 aromatic carbocycles. The number of ether oxygens (including phenoxy) is 1. The highest BCUT2D eigenvalue weighted by Crippen LogP contribution is 2.37. The molecule has 2 atom stereocenters. The van der Waals surface area contributed by atoms with Crippen molar-refractivity contribution < 1.29 is 23.1 Å². The monoisotopic (exact) mass is 569 g/mol. The maximum Gasteiger partial charge on any atom is 0.410 e. The summed E-state index contributed by atoms with van der Waals surface area (Å²) in [5.41, 5.74) is 0.225. The zero-order valence-electron chi connectivity index (χ0n) is 24.1. The van der Waals surface area contributed by atoms with E-state index in [4.69, 9.17) is 9.84 Å². The number of benzene rings is 1. The molecule has 2 saturated heterocycles. The molecular weight excluding hydrogens is 532 g/mol. The Morgan fingerprint density at radius 3 is 2.61 bits per heavy atom. The molecule has 2 unspecified atom stereocenters. The van der Waals surface area contributed by atoms with Gasteiger partial charge < -0.3 is 19.4 Å². The molecule has 220 valence electrons. The second-order valence-electron chi connectivity index (χ2n) is 12.0. The average molecular weight is 570 g/mol. The fourth-order valence-electron chi connectivity index (χ4n) is 5.54. The molecule has 12 heteroatoms. The Morgan fingerprint density at radius 1 is 1.10 bits per heavy atom. The molecule has 0 bridgehead atoms. The van der Waals surface area contributed by atoms with Crippen molar-refractivity contribution in [2.75, 3.05) is 36.4 Å². The van der Waals surface area contributed by atoms with Gasteiger partial charge in [-0.25, -0.2) is 23.4 Å². The minimum absolute atomic E-state index is 0.106. The highest BCUT2D eigenvalue weighted by atomic mass is 19.1. The SMILES string of the molecule is CC(C)C1CN(C(=O)Nc2cnc3ccc(N4CCCC4c4cc(F)ccc4F)nn23)CCN1C(=O)OC(C)(C)C. The van der Waals surface area contributed by atoms with Crippen LogP contribution < -0.4 is 10.2 Å².